The molecule has 0 saturated heterocycles. The lowest BCUT2D eigenvalue weighted by atomic mass is 10.1. The number of carbonyl (C=O) groups excluding carboxylic acids is 1. The number of aliphatic hydroxyl groups excluding tert-OH is 1. The summed E-state index contributed by atoms with van der Waals surface area (Å²) in [6.45, 7) is 5.03. The number of nitrogens with one attached hydrogen (secondary N) is 1. The van der Waals surface area contributed by atoms with Crippen LogP contribution in [0, 0.1) is 0 Å². The summed E-state index contributed by atoms with van der Waals surface area (Å²) in [6, 6.07) is 21.5. The highest BCUT2D eigenvalue weighted by atomic mass is 35.5. The maximum atomic E-state index is 11.1. The second kappa shape index (κ2) is 16.5. The molecule has 4 N–H and O–H groups in total. The van der Waals surface area contributed by atoms with Crippen molar-refractivity contribution in [2.75, 3.05) is 37.4 Å². The van der Waals surface area contributed by atoms with Gasteiger partial charge in [-0.1, -0.05) is 78.5 Å². The molecule has 0 aromatic heterocycles. The summed E-state index contributed by atoms with van der Waals surface area (Å²) in [4.78, 5) is 13.4. The minimum atomic E-state index is -0.723. The van der Waals surface area contributed by atoms with Gasteiger partial charge in [0.05, 0.1) is 28.4 Å². The number of anilines is 2. The van der Waals surface area contributed by atoms with E-state index in [-0.39, 0.29) is 5.91 Å². The molecule has 3 rings (SSSR count). The Labute approximate surface area is 242 Å². The normalized spacial score (nSPS) is 12.0. The summed E-state index contributed by atoms with van der Waals surface area (Å²) >= 11 is 12.4. The second-order valence-electron chi connectivity index (χ2n) is 9.79. The fraction of sp³-hybridized carbons (Fsp3) is 0.387. The third-order valence-electron chi connectivity index (χ3n) is 6.49. The van der Waals surface area contributed by atoms with Crippen LogP contribution in [0.3, 0.4) is 0 Å². The third kappa shape index (κ3) is 11.2. The summed E-state index contributed by atoms with van der Waals surface area (Å²) < 4.78 is 5.82. The van der Waals surface area contributed by atoms with Crippen molar-refractivity contribution < 1.29 is 14.6 Å². The molecule has 1 unspecified atom stereocenters. The van der Waals surface area contributed by atoms with E-state index in [4.69, 9.17) is 33.7 Å². The smallest absolute Gasteiger partial charge is 0.221 e. The van der Waals surface area contributed by atoms with Crippen molar-refractivity contribution in [1.29, 1.82) is 0 Å². The number of nitrogens with zero attached hydrogens (tertiary/aromatic N) is 1. The van der Waals surface area contributed by atoms with Gasteiger partial charge < -0.3 is 20.9 Å². The maximum absolute atomic E-state index is 11.1. The van der Waals surface area contributed by atoms with Gasteiger partial charge in [-0.2, -0.15) is 0 Å². The molecule has 0 spiro atoms. The number of aliphatic hydroxyl groups is 1. The Balaban J connectivity index is 1.37. The summed E-state index contributed by atoms with van der Waals surface area (Å²) in [5, 5.41) is 14.4. The number of nitrogens with two attached hydrogens (primary N) is 1. The second-order valence-corrected chi connectivity index (χ2v) is 10.6. The van der Waals surface area contributed by atoms with E-state index in [2.05, 4.69) is 22.3 Å². The Kier molecular flexibility index (Phi) is 13.1. The van der Waals surface area contributed by atoms with E-state index in [9.17, 15) is 9.90 Å². The number of unbranched alkanes of at least 4 members (excludes halogenated alkanes) is 3. The van der Waals surface area contributed by atoms with Crippen LogP contribution >= 0.6 is 23.2 Å². The zero-order valence-corrected chi connectivity index (χ0v) is 24.1. The van der Waals surface area contributed by atoms with E-state index in [1.165, 1.54) is 18.1 Å². The largest absolute Gasteiger partial charge is 0.396 e. The van der Waals surface area contributed by atoms with Crippen molar-refractivity contribution in [3.8, 4) is 0 Å². The van der Waals surface area contributed by atoms with Crippen LogP contribution in [-0.4, -0.2) is 42.2 Å². The highest BCUT2D eigenvalue weighted by Crippen LogP contribution is 2.31. The van der Waals surface area contributed by atoms with Gasteiger partial charge in [0, 0.05) is 32.3 Å². The number of hydrogen-bond acceptors (Lipinski definition) is 5. The molecular weight excluding hydrogens is 533 g/mol. The Morgan fingerprint density at radius 2 is 1.62 bits per heavy atom. The molecule has 0 aliphatic rings. The lowest BCUT2D eigenvalue weighted by Gasteiger charge is -2.26. The molecule has 0 saturated carbocycles. The first-order valence-corrected chi connectivity index (χ1v) is 14.2. The lowest BCUT2D eigenvalue weighted by Crippen LogP contribution is -2.29. The number of ether oxygens (including phenoxy) is 1. The molecular formula is C31H39Cl2N3O3. The molecule has 210 valence electrons. The van der Waals surface area contributed by atoms with E-state index < -0.39 is 6.10 Å². The van der Waals surface area contributed by atoms with Gasteiger partial charge >= 0.3 is 0 Å². The molecule has 0 fully saturated rings. The van der Waals surface area contributed by atoms with E-state index >= 15 is 0 Å². The fourth-order valence-corrected chi connectivity index (χ4v) is 4.87. The van der Waals surface area contributed by atoms with E-state index in [1.807, 2.05) is 42.5 Å². The van der Waals surface area contributed by atoms with Gasteiger partial charge in [-0.15, -0.1) is 0 Å². The van der Waals surface area contributed by atoms with Crippen molar-refractivity contribution in [3.05, 3.63) is 93.5 Å². The fourth-order valence-electron chi connectivity index (χ4n) is 4.37. The first-order valence-electron chi connectivity index (χ1n) is 13.4. The summed E-state index contributed by atoms with van der Waals surface area (Å²) in [5.74, 6) is -0.0681. The van der Waals surface area contributed by atoms with Crippen LogP contribution in [0.15, 0.2) is 66.7 Å². The average Bonchev–Trinajstić information content (AvgIpc) is 2.91. The standard InChI is InChI=1S/C31H39Cl2N3O3/c1-23(37)35-27-13-11-24(12-14-27)15-18-39-17-8-3-2-7-16-36(21-25-9-5-4-6-10-25)22-30(38)26-19-28(32)31(34)29(33)20-26/h4-6,9-14,19-20,30,38H,2-3,7-8,15-18,21-22,34H2,1H3,(H,35,37). The van der Waals surface area contributed by atoms with Gasteiger partial charge in [-0.25, -0.2) is 0 Å². The summed E-state index contributed by atoms with van der Waals surface area (Å²) in [5.41, 5.74) is 10.1. The zero-order chi connectivity index (χ0) is 28.0. The Morgan fingerprint density at radius 3 is 2.28 bits per heavy atom. The van der Waals surface area contributed by atoms with Gasteiger partial charge in [-0.3, -0.25) is 9.69 Å². The van der Waals surface area contributed by atoms with Crippen molar-refractivity contribution in [2.24, 2.45) is 0 Å². The van der Waals surface area contributed by atoms with Crippen LogP contribution in [0.5, 0.6) is 0 Å². The average molecular weight is 573 g/mol. The predicted octanol–water partition coefficient (Wildman–Crippen LogP) is 6.89. The molecule has 0 radical (unpaired) electrons. The first kappa shape index (κ1) is 30.9. The number of nitrogen functional groups attached to an aromatic ring is 1. The molecule has 39 heavy (non-hydrogen) atoms. The van der Waals surface area contributed by atoms with Crippen LogP contribution in [0.4, 0.5) is 11.4 Å². The number of halogens is 2. The molecule has 3 aromatic carbocycles. The zero-order valence-electron chi connectivity index (χ0n) is 22.5. The minimum absolute atomic E-state index is 0.0681. The Hall–Kier alpha value is -2.61. The van der Waals surface area contributed by atoms with Crippen LogP contribution < -0.4 is 11.1 Å². The number of carbonyl (C=O) groups is 1. The molecule has 1 amide bonds. The topological polar surface area (TPSA) is 87.8 Å². The minimum Gasteiger partial charge on any atom is -0.396 e. The summed E-state index contributed by atoms with van der Waals surface area (Å²) in [7, 11) is 0. The SMILES string of the molecule is CC(=O)Nc1ccc(CCOCCCCCCN(Cc2ccccc2)CC(O)c2cc(Cl)c(N)c(Cl)c2)cc1. The molecule has 1 atom stereocenters. The Bertz CT molecular complexity index is 1140. The van der Waals surface area contributed by atoms with Gasteiger partial charge in [0.1, 0.15) is 0 Å². The number of rotatable bonds is 16. The van der Waals surface area contributed by atoms with Crippen LogP contribution in [0.1, 0.15) is 55.4 Å². The van der Waals surface area contributed by atoms with Crippen LogP contribution in [0.25, 0.3) is 0 Å². The van der Waals surface area contributed by atoms with E-state index in [0.29, 0.717) is 34.4 Å². The molecule has 8 heteroatoms. The van der Waals surface area contributed by atoms with Crippen LogP contribution in [-0.2, 0) is 22.5 Å². The monoisotopic (exact) mass is 571 g/mol. The third-order valence-corrected chi connectivity index (χ3v) is 7.11. The number of benzene rings is 3. The maximum Gasteiger partial charge on any atom is 0.221 e. The van der Waals surface area contributed by atoms with Crippen LogP contribution in [0.2, 0.25) is 10.0 Å². The van der Waals surface area contributed by atoms with Crippen molar-refractivity contribution >= 4 is 40.5 Å². The van der Waals surface area contributed by atoms with Crippen molar-refractivity contribution in [3.63, 3.8) is 0 Å². The molecule has 0 heterocycles. The highest BCUT2D eigenvalue weighted by Gasteiger charge is 2.17. The number of amides is 1. The van der Waals surface area contributed by atoms with E-state index in [0.717, 1.165) is 57.5 Å². The van der Waals surface area contributed by atoms with Crippen molar-refractivity contribution in [1.82, 2.24) is 4.90 Å². The van der Waals surface area contributed by atoms with Gasteiger partial charge in [-0.05, 0) is 66.8 Å². The molecule has 0 aliphatic carbocycles. The molecule has 3 aromatic rings. The Morgan fingerprint density at radius 1 is 0.949 bits per heavy atom. The van der Waals surface area contributed by atoms with E-state index in [1.54, 1.807) is 12.1 Å². The van der Waals surface area contributed by atoms with Gasteiger partial charge in [0.2, 0.25) is 5.91 Å². The van der Waals surface area contributed by atoms with Gasteiger partial charge in [0.15, 0.2) is 0 Å². The molecule has 0 bridgehead atoms. The predicted molar refractivity (Wildman–Crippen MR) is 161 cm³/mol. The van der Waals surface area contributed by atoms with Gasteiger partial charge in [0.25, 0.3) is 0 Å². The first-order chi connectivity index (χ1) is 18.8. The summed E-state index contributed by atoms with van der Waals surface area (Å²) in [6.07, 6.45) is 4.36. The lowest BCUT2D eigenvalue weighted by molar-refractivity contribution is -0.114. The quantitative estimate of drug-likeness (QED) is 0.129. The highest BCUT2D eigenvalue weighted by molar-refractivity contribution is 6.38. The molecule has 0 aliphatic heterocycles. The number of hydrogen-bond donors (Lipinski definition) is 3. The molecule has 6 nitrogen and oxygen atoms in total. The van der Waals surface area contributed by atoms with Crippen molar-refractivity contribution in [2.45, 2.75) is 51.7 Å².